The quantitative estimate of drug-likeness (QED) is 0.0281. The monoisotopic (exact) mass is 1230 g/mol. The first-order valence-electron chi connectivity index (χ1n) is 27.3. The maximum atomic E-state index is 16.8. The Hall–Kier alpha value is -6.50. The van der Waals surface area contributed by atoms with Crippen molar-refractivity contribution < 1.29 is 64.5 Å². The number of nitrogen functional groups attached to an aromatic ring is 2. The Balaban J connectivity index is 0.688. The van der Waals surface area contributed by atoms with Crippen LogP contribution in [-0.2, 0) is 74.6 Å². The lowest BCUT2D eigenvalue weighted by atomic mass is 9.96. The smallest absolute Gasteiger partial charge is 0.382 e. The molecule has 450 valence electrons. The fourth-order valence-electron chi connectivity index (χ4n) is 10.3. The number of amides is 1. The van der Waals surface area contributed by atoms with Gasteiger partial charge in [0.15, 0.2) is 47.7 Å². The van der Waals surface area contributed by atoms with E-state index in [0.717, 1.165) is 65.4 Å². The highest BCUT2D eigenvalue weighted by Crippen LogP contribution is 2.64. The molecule has 0 bridgehead atoms. The molecule has 26 nitrogen and oxygen atoms in total. The number of nitrogens with one attached hydrogen (secondary N) is 2. The molecule has 0 radical (unpaired) electrons. The van der Waals surface area contributed by atoms with Gasteiger partial charge in [-0.2, -0.15) is 0 Å². The Morgan fingerprint density at radius 3 is 2.07 bits per heavy atom. The Labute approximate surface area is 491 Å². The molecule has 0 aliphatic carbocycles. The van der Waals surface area contributed by atoms with E-state index in [2.05, 4.69) is 53.0 Å². The van der Waals surface area contributed by atoms with E-state index in [0.29, 0.717) is 58.1 Å². The number of rotatable bonds is 25. The molecule has 2 saturated heterocycles. The Kier molecular flexibility index (Phi) is 18.6. The molecule has 4 aromatic heterocycles. The molecule has 0 saturated carbocycles. The first-order chi connectivity index (χ1) is 41.1. The molecule has 6 N–H and O–H groups in total. The first-order valence-corrected chi connectivity index (χ1v) is 32.4. The third-order valence-corrected chi connectivity index (χ3v) is 19.6. The lowest BCUT2D eigenvalue weighted by Crippen LogP contribution is -2.39. The topological polar surface area (TPSA) is 304 Å². The van der Waals surface area contributed by atoms with Gasteiger partial charge >= 0.3 is 6.80 Å². The van der Waals surface area contributed by atoms with E-state index in [-0.39, 0.29) is 52.2 Å². The van der Waals surface area contributed by atoms with E-state index >= 15 is 13.3 Å². The van der Waals surface area contributed by atoms with Crippen molar-refractivity contribution in [1.29, 1.82) is 0 Å². The molecule has 4 aliphatic rings. The highest BCUT2D eigenvalue weighted by atomic mass is 32.7. The van der Waals surface area contributed by atoms with Gasteiger partial charge in [-0.25, -0.2) is 43.2 Å². The van der Waals surface area contributed by atoms with Crippen molar-refractivity contribution in [2.75, 3.05) is 69.7 Å². The van der Waals surface area contributed by atoms with Crippen LogP contribution in [0.2, 0.25) is 0 Å². The van der Waals surface area contributed by atoms with E-state index in [1.165, 1.54) is 34.4 Å². The summed E-state index contributed by atoms with van der Waals surface area (Å²) in [6.45, 7) is 1.28. The van der Waals surface area contributed by atoms with Crippen LogP contribution in [0, 0.1) is 0 Å². The molecule has 11 rings (SSSR count). The van der Waals surface area contributed by atoms with Crippen molar-refractivity contribution in [2.24, 2.45) is 0 Å². The summed E-state index contributed by atoms with van der Waals surface area (Å²) in [6.07, 6.45) is -6.89. The zero-order valence-corrected chi connectivity index (χ0v) is 49.3. The van der Waals surface area contributed by atoms with Crippen molar-refractivity contribution in [3.05, 3.63) is 126 Å². The number of imidazole rings is 2. The fourth-order valence-corrected chi connectivity index (χ4v) is 14.5. The standard InChI is InChI=1S/C53H63BF2N14O12P2S/c1-4-39(71)67-23-34-9-5-6-10-35(34)42-45(36-11-7-8-12-37(36)67)70(66-65-42)17-18-75-19-20-76-21-22-77-24-32-13-15-33(16-14-32)26-85-84(73,82-46-31(2)79-52(40(46)55)68-29-63-43-48(57)59-27-61-50(43)68)78-25-38-47(81-83(54,72)74-3)41(56)53(80-38)69-30-64-44-49(58)60-28-62-51(44)69/h5-16,27-31,38,40-41,46-47,52-53,65-66H,4,17-26,54H2,1-3H3,(H2,57,59,61)(H2,58,60,62)/t31?,38-,40-,41-,46-,47-,52-,53-,83?,84?/m1/s1. The SMILES string of the molecule is BP(=O)(OC)O[C@H]1[C@@H](F)[C@H](n2cnc3c(N)ncnc32)O[C@@H]1COP(=O)(O[C@@H]1C(C)O[C@@H](n2cnc3c(N)ncnc32)[C@@H]1F)SCc1ccc(COCCOCCOCCN2NNC3=C2c2ccccc2N(C(=O)CC)Cc2ccccc23)cc1. The van der Waals surface area contributed by atoms with E-state index in [9.17, 15) is 9.36 Å². The minimum atomic E-state index is -4.50. The van der Waals surface area contributed by atoms with Crippen molar-refractivity contribution in [2.45, 2.75) is 88.4 Å². The zero-order valence-electron chi connectivity index (χ0n) is 46.7. The lowest BCUT2D eigenvalue weighted by molar-refractivity contribution is -0.118. The van der Waals surface area contributed by atoms with Crippen molar-refractivity contribution in [3.63, 3.8) is 0 Å². The molecule has 10 atom stereocenters. The number of ether oxygens (including phenoxy) is 5. The van der Waals surface area contributed by atoms with Crippen molar-refractivity contribution in [1.82, 2.24) is 55.0 Å². The van der Waals surface area contributed by atoms with Gasteiger partial charge in [0.1, 0.15) is 42.0 Å². The zero-order chi connectivity index (χ0) is 59.4. The maximum absolute atomic E-state index is 16.8. The van der Waals surface area contributed by atoms with Crippen molar-refractivity contribution >= 4 is 90.2 Å². The van der Waals surface area contributed by atoms with Crippen LogP contribution < -0.4 is 27.3 Å². The molecule has 3 aromatic carbocycles. The van der Waals surface area contributed by atoms with Gasteiger partial charge < -0.3 is 54.5 Å². The van der Waals surface area contributed by atoms with Gasteiger partial charge in [-0.1, -0.05) is 73.7 Å². The highest BCUT2D eigenvalue weighted by Gasteiger charge is 2.53. The number of anilines is 3. The number of alkyl halides is 2. The number of carbonyl (C=O) groups is 1. The van der Waals surface area contributed by atoms with Gasteiger partial charge in [0.25, 0.3) is 15.0 Å². The highest BCUT2D eigenvalue weighted by molar-refractivity contribution is 8.54. The number of hydrogen-bond donors (Lipinski definition) is 4. The summed E-state index contributed by atoms with van der Waals surface area (Å²) in [5.74, 6) is 0.210. The van der Waals surface area contributed by atoms with Crippen LogP contribution in [0.4, 0.5) is 26.1 Å². The lowest BCUT2D eigenvalue weighted by Gasteiger charge is -2.30. The van der Waals surface area contributed by atoms with Crippen molar-refractivity contribution in [3.8, 4) is 0 Å². The molecule has 85 heavy (non-hydrogen) atoms. The first kappa shape index (κ1) is 60.2. The van der Waals surface area contributed by atoms with Crippen LogP contribution >= 0.6 is 25.7 Å². The van der Waals surface area contributed by atoms with Gasteiger partial charge in [0, 0.05) is 30.4 Å². The average Bonchev–Trinajstić information content (AvgIpc) is 2.08. The van der Waals surface area contributed by atoms with Gasteiger partial charge in [0.05, 0.1) is 95.2 Å². The Morgan fingerprint density at radius 1 is 0.776 bits per heavy atom. The molecule has 0 spiro atoms. The summed E-state index contributed by atoms with van der Waals surface area (Å²) in [5, 5.41) is 2.01. The number of aromatic nitrogens is 8. The summed E-state index contributed by atoms with van der Waals surface area (Å²) in [4.78, 5) is 39.9. The van der Waals surface area contributed by atoms with Crippen LogP contribution in [0.1, 0.15) is 60.5 Å². The molecule has 8 heterocycles. The summed E-state index contributed by atoms with van der Waals surface area (Å²) in [6, 6.07) is 23.4. The Morgan fingerprint density at radius 2 is 1.39 bits per heavy atom. The molecular weight excluding hydrogens is 1170 g/mol. The summed E-state index contributed by atoms with van der Waals surface area (Å²) < 4.78 is 117. The molecule has 4 aliphatic heterocycles. The summed E-state index contributed by atoms with van der Waals surface area (Å²) in [7, 11) is -1.58. The third kappa shape index (κ3) is 13.0. The average molecular weight is 1230 g/mol. The Bertz CT molecular complexity index is 3660. The van der Waals surface area contributed by atoms with Gasteiger partial charge in [-0.15, -0.1) is 5.53 Å². The van der Waals surface area contributed by atoms with Crippen LogP contribution in [0.25, 0.3) is 33.7 Å². The third-order valence-electron chi connectivity index (χ3n) is 14.7. The summed E-state index contributed by atoms with van der Waals surface area (Å²) >= 11 is 0.762. The number of hydrazine groups is 2. The van der Waals surface area contributed by atoms with Crippen LogP contribution in [0.5, 0.6) is 0 Å². The van der Waals surface area contributed by atoms with Crippen LogP contribution in [0.15, 0.2) is 98.1 Å². The molecular formula is C53H63BF2N14O12P2S. The molecule has 1 amide bonds. The number of halogens is 2. The second kappa shape index (κ2) is 26.2. The van der Waals surface area contributed by atoms with E-state index in [1.807, 2.05) is 77.5 Å². The van der Waals surface area contributed by atoms with Gasteiger partial charge in [-0.3, -0.25) is 32.6 Å². The minimum absolute atomic E-state index is 0.0420. The van der Waals surface area contributed by atoms with Gasteiger partial charge in [0.2, 0.25) is 5.91 Å². The molecule has 2 fully saturated rings. The van der Waals surface area contributed by atoms with Gasteiger partial charge in [-0.05, 0) is 41.1 Å². The summed E-state index contributed by atoms with van der Waals surface area (Å²) in [5.41, 5.74) is 26.7. The number of para-hydroxylation sites is 1. The minimum Gasteiger partial charge on any atom is -0.382 e. The second-order valence-corrected chi connectivity index (χ2v) is 26.3. The maximum Gasteiger partial charge on any atom is 0.389 e. The number of carbonyl (C=O) groups excluding carboxylic acids is 1. The fraction of sp³-hybridized carbons (Fsp3) is 0.415. The molecule has 3 unspecified atom stereocenters. The van der Waals surface area contributed by atoms with Crippen LogP contribution in [-0.4, -0.2) is 148 Å². The number of benzene rings is 3. The number of fused-ring (bicyclic) bond motifs is 6. The predicted molar refractivity (Wildman–Crippen MR) is 312 cm³/mol. The number of hydrogen-bond acceptors (Lipinski definition) is 24. The van der Waals surface area contributed by atoms with E-state index in [1.54, 1.807) is 6.92 Å². The normalized spacial score (nSPS) is 23.5. The molecule has 32 heteroatoms. The van der Waals surface area contributed by atoms with Crippen LogP contribution in [0.3, 0.4) is 0 Å². The second-order valence-electron chi connectivity index (χ2n) is 20.2. The number of nitrogens with zero attached hydrogens (tertiary/aromatic N) is 10. The number of nitrogens with two attached hydrogens (primary N) is 2. The van der Waals surface area contributed by atoms with E-state index < -0.39 is 70.1 Å². The van der Waals surface area contributed by atoms with E-state index in [4.69, 9.17) is 53.2 Å². The molecule has 7 aromatic rings. The predicted octanol–water partition coefficient (Wildman–Crippen LogP) is 6.19. The largest absolute Gasteiger partial charge is 0.389 e.